The molecule has 1 atom stereocenters. The molecule has 0 bridgehead atoms. The maximum atomic E-state index is 5.78. The number of nitrogens with two attached hydrogens (primary N) is 1. The molecule has 2 aromatic rings. The fourth-order valence-electron chi connectivity index (χ4n) is 1.22. The summed E-state index contributed by atoms with van der Waals surface area (Å²) in [4.78, 5) is 4.27. The number of benzene rings is 1. The first kappa shape index (κ1) is 10.2. The van der Waals surface area contributed by atoms with Crippen molar-refractivity contribution in [2.45, 2.75) is 13.0 Å². The van der Waals surface area contributed by atoms with Gasteiger partial charge in [-0.05, 0) is 31.2 Å². The summed E-state index contributed by atoms with van der Waals surface area (Å²) in [5.41, 5.74) is 7.33. The summed E-state index contributed by atoms with van der Waals surface area (Å²) in [6.45, 7) is 1.86. The van der Waals surface area contributed by atoms with Crippen LogP contribution in [0.5, 0.6) is 0 Å². The van der Waals surface area contributed by atoms with E-state index in [-0.39, 0.29) is 6.04 Å². The third-order valence-electron chi connectivity index (χ3n) is 2.08. The van der Waals surface area contributed by atoms with Gasteiger partial charge in [0.2, 0.25) is 5.89 Å². The van der Waals surface area contributed by atoms with Crippen molar-refractivity contribution >= 4 is 11.6 Å². The molecule has 0 spiro atoms. The highest BCUT2D eigenvalue weighted by Crippen LogP contribution is 2.22. The molecule has 15 heavy (non-hydrogen) atoms. The molecule has 1 unspecified atom stereocenters. The van der Waals surface area contributed by atoms with E-state index in [4.69, 9.17) is 21.8 Å². The quantitative estimate of drug-likeness (QED) is 0.850. The molecule has 4 heteroatoms. The number of oxazole rings is 1. The number of rotatable bonds is 2. The molecule has 1 heterocycles. The van der Waals surface area contributed by atoms with Crippen molar-refractivity contribution in [3.8, 4) is 11.5 Å². The fraction of sp³-hybridized carbons (Fsp3) is 0.182. The van der Waals surface area contributed by atoms with Gasteiger partial charge in [-0.2, -0.15) is 0 Å². The normalized spacial score (nSPS) is 12.7. The first-order valence-corrected chi connectivity index (χ1v) is 5.01. The second-order valence-corrected chi connectivity index (χ2v) is 3.81. The molecule has 78 valence electrons. The Morgan fingerprint density at radius 1 is 1.33 bits per heavy atom. The number of nitrogens with zero attached hydrogens (tertiary/aromatic N) is 1. The van der Waals surface area contributed by atoms with E-state index in [1.165, 1.54) is 0 Å². The Morgan fingerprint density at radius 3 is 2.53 bits per heavy atom. The Labute approximate surface area is 92.9 Å². The van der Waals surface area contributed by atoms with Crippen molar-refractivity contribution < 1.29 is 4.42 Å². The molecule has 0 aliphatic carbocycles. The molecular weight excluding hydrogens is 212 g/mol. The van der Waals surface area contributed by atoms with Crippen LogP contribution in [0, 0.1) is 0 Å². The molecule has 2 N–H and O–H groups in total. The largest absolute Gasteiger partial charge is 0.444 e. The minimum absolute atomic E-state index is 0.116. The van der Waals surface area contributed by atoms with Crippen LogP contribution in [0.3, 0.4) is 0 Å². The van der Waals surface area contributed by atoms with Gasteiger partial charge in [-0.25, -0.2) is 4.98 Å². The zero-order valence-corrected chi connectivity index (χ0v) is 9.03. The van der Waals surface area contributed by atoms with Crippen molar-refractivity contribution in [2.75, 3.05) is 0 Å². The van der Waals surface area contributed by atoms with Crippen LogP contribution in [0.1, 0.15) is 18.7 Å². The summed E-state index contributed by atoms with van der Waals surface area (Å²) in [6, 6.07) is 7.20. The maximum absolute atomic E-state index is 5.78. The van der Waals surface area contributed by atoms with Crippen LogP contribution in [-0.4, -0.2) is 4.98 Å². The molecule has 0 saturated carbocycles. The van der Waals surface area contributed by atoms with Gasteiger partial charge in [0.1, 0.15) is 6.26 Å². The SMILES string of the molecule is CC(N)c1coc(-c2ccc(Cl)cc2)n1. The Balaban J connectivity index is 2.33. The van der Waals surface area contributed by atoms with Crippen molar-refractivity contribution in [2.24, 2.45) is 5.73 Å². The molecular formula is C11H11ClN2O. The molecule has 0 amide bonds. The molecule has 0 saturated heterocycles. The van der Waals surface area contributed by atoms with Gasteiger partial charge in [0.25, 0.3) is 0 Å². The fourth-order valence-corrected chi connectivity index (χ4v) is 1.35. The lowest BCUT2D eigenvalue weighted by Crippen LogP contribution is -2.04. The van der Waals surface area contributed by atoms with Gasteiger partial charge in [0.05, 0.1) is 5.69 Å². The van der Waals surface area contributed by atoms with Crippen molar-refractivity contribution in [3.05, 3.63) is 41.2 Å². The second kappa shape index (κ2) is 4.04. The monoisotopic (exact) mass is 222 g/mol. The lowest BCUT2D eigenvalue weighted by atomic mass is 10.2. The highest BCUT2D eigenvalue weighted by atomic mass is 35.5. The van der Waals surface area contributed by atoms with E-state index in [0.717, 1.165) is 11.3 Å². The molecule has 0 aliphatic heterocycles. The molecule has 0 fully saturated rings. The Hall–Kier alpha value is -1.32. The van der Waals surface area contributed by atoms with Crippen LogP contribution in [0.25, 0.3) is 11.5 Å². The van der Waals surface area contributed by atoms with Crippen LogP contribution >= 0.6 is 11.6 Å². The minimum atomic E-state index is -0.116. The summed E-state index contributed by atoms with van der Waals surface area (Å²) in [5, 5.41) is 0.692. The Bertz CT molecular complexity index is 448. The number of aromatic nitrogens is 1. The average molecular weight is 223 g/mol. The number of hydrogen-bond acceptors (Lipinski definition) is 3. The smallest absolute Gasteiger partial charge is 0.226 e. The van der Waals surface area contributed by atoms with Gasteiger partial charge in [-0.15, -0.1) is 0 Å². The summed E-state index contributed by atoms with van der Waals surface area (Å²) in [7, 11) is 0. The highest BCUT2D eigenvalue weighted by Gasteiger charge is 2.08. The van der Waals surface area contributed by atoms with Gasteiger partial charge < -0.3 is 10.2 Å². The van der Waals surface area contributed by atoms with E-state index < -0.39 is 0 Å². The van der Waals surface area contributed by atoms with E-state index in [2.05, 4.69) is 4.98 Å². The highest BCUT2D eigenvalue weighted by molar-refractivity contribution is 6.30. The topological polar surface area (TPSA) is 52.0 Å². The van der Waals surface area contributed by atoms with Crippen molar-refractivity contribution in [1.29, 1.82) is 0 Å². The molecule has 2 rings (SSSR count). The van der Waals surface area contributed by atoms with Crippen LogP contribution in [-0.2, 0) is 0 Å². The van der Waals surface area contributed by atoms with E-state index in [9.17, 15) is 0 Å². The first-order valence-electron chi connectivity index (χ1n) is 4.64. The zero-order valence-electron chi connectivity index (χ0n) is 8.27. The van der Waals surface area contributed by atoms with E-state index >= 15 is 0 Å². The summed E-state index contributed by atoms with van der Waals surface area (Å²) in [5.74, 6) is 0.568. The number of hydrogen-bond donors (Lipinski definition) is 1. The molecule has 1 aromatic heterocycles. The lowest BCUT2D eigenvalue weighted by molar-refractivity contribution is 0.570. The van der Waals surface area contributed by atoms with Crippen molar-refractivity contribution in [1.82, 2.24) is 4.98 Å². The van der Waals surface area contributed by atoms with Gasteiger partial charge in [0.15, 0.2) is 0 Å². The number of halogens is 1. The predicted octanol–water partition coefficient (Wildman–Crippen LogP) is 3.01. The minimum Gasteiger partial charge on any atom is -0.444 e. The molecule has 3 nitrogen and oxygen atoms in total. The second-order valence-electron chi connectivity index (χ2n) is 3.37. The van der Waals surface area contributed by atoms with Crippen LogP contribution in [0.15, 0.2) is 34.9 Å². The Morgan fingerprint density at radius 2 is 2.00 bits per heavy atom. The standard InChI is InChI=1S/C11H11ClN2O/c1-7(13)10-6-15-11(14-10)8-2-4-9(12)5-3-8/h2-7H,13H2,1H3. The molecule has 1 aromatic carbocycles. The third-order valence-corrected chi connectivity index (χ3v) is 2.33. The van der Waals surface area contributed by atoms with Crippen molar-refractivity contribution in [3.63, 3.8) is 0 Å². The summed E-state index contributed by atoms with van der Waals surface area (Å²) in [6.07, 6.45) is 1.58. The van der Waals surface area contributed by atoms with Gasteiger partial charge in [0, 0.05) is 16.6 Å². The predicted molar refractivity (Wildman–Crippen MR) is 59.6 cm³/mol. The van der Waals surface area contributed by atoms with E-state index in [1.54, 1.807) is 18.4 Å². The van der Waals surface area contributed by atoms with Crippen LogP contribution in [0.4, 0.5) is 0 Å². The molecule has 0 aliphatic rings. The van der Waals surface area contributed by atoms with Gasteiger partial charge in [-0.1, -0.05) is 11.6 Å². The van der Waals surface area contributed by atoms with E-state index in [0.29, 0.717) is 10.9 Å². The summed E-state index contributed by atoms with van der Waals surface area (Å²) >= 11 is 5.78. The van der Waals surface area contributed by atoms with Crippen LogP contribution < -0.4 is 5.73 Å². The van der Waals surface area contributed by atoms with Gasteiger partial charge in [-0.3, -0.25) is 0 Å². The Kier molecular flexibility index (Phi) is 2.75. The first-order chi connectivity index (χ1) is 7.16. The van der Waals surface area contributed by atoms with Gasteiger partial charge >= 0.3 is 0 Å². The molecule has 0 radical (unpaired) electrons. The maximum Gasteiger partial charge on any atom is 0.226 e. The lowest BCUT2D eigenvalue weighted by Gasteiger charge is -1.96. The van der Waals surface area contributed by atoms with Crippen LogP contribution in [0.2, 0.25) is 5.02 Å². The average Bonchev–Trinajstić information content (AvgIpc) is 2.68. The summed E-state index contributed by atoms with van der Waals surface area (Å²) < 4.78 is 5.32. The zero-order chi connectivity index (χ0) is 10.8. The van der Waals surface area contributed by atoms with E-state index in [1.807, 2.05) is 19.1 Å². The third kappa shape index (κ3) is 2.19.